The molecule has 184 valence electrons. The largest absolute Gasteiger partial charge is 0.493 e. The van der Waals surface area contributed by atoms with Crippen LogP contribution in [0.3, 0.4) is 0 Å². The maximum absolute atomic E-state index is 14.4. The van der Waals surface area contributed by atoms with Gasteiger partial charge in [-0.3, -0.25) is 14.9 Å². The Hall–Kier alpha value is -2.79. The van der Waals surface area contributed by atoms with E-state index in [-0.39, 0.29) is 22.0 Å². The number of carbonyl (C=O) groups excluding carboxylic acids is 2. The number of pyridine rings is 1. The van der Waals surface area contributed by atoms with Crippen LogP contribution in [0.5, 0.6) is 5.75 Å². The van der Waals surface area contributed by atoms with Crippen molar-refractivity contribution in [3.05, 3.63) is 52.3 Å². The lowest BCUT2D eigenvalue weighted by Crippen LogP contribution is -2.56. The van der Waals surface area contributed by atoms with Crippen molar-refractivity contribution < 1.29 is 36.3 Å². The molecule has 4 atom stereocenters. The molecule has 0 spiro atoms. The number of anilines is 1. The Balaban J connectivity index is 2.13. The highest BCUT2D eigenvalue weighted by Crippen LogP contribution is 2.51. The summed E-state index contributed by atoms with van der Waals surface area (Å²) in [7, 11) is 1.05. The monoisotopic (exact) mass is 505 g/mol. The van der Waals surface area contributed by atoms with Gasteiger partial charge in [0.1, 0.15) is 10.7 Å². The second-order valence-corrected chi connectivity index (χ2v) is 8.55. The van der Waals surface area contributed by atoms with Crippen molar-refractivity contribution in [3.63, 3.8) is 0 Å². The predicted octanol–water partition coefficient (Wildman–Crippen LogP) is 4.88. The van der Waals surface area contributed by atoms with Crippen molar-refractivity contribution in [2.24, 2.45) is 5.92 Å². The van der Waals surface area contributed by atoms with Crippen LogP contribution in [0.4, 0.5) is 27.6 Å². The lowest BCUT2D eigenvalue weighted by Gasteiger charge is -2.33. The zero-order chi connectivity index (χ0) is 25.6. The van der Waals surface area contributed by atoms with Gasteiger partial charge in [-0.25, -0.2) is 9.37 Å². The summed E-state index contributed by atoms with van der Waals surface area (Å²) in [6.07, 6.45) is -3.58. The molecule has 1 aliphatic heterocycles. The molecule has 4 unspecified atom stereocenters. The van der Waals surface area contributed by atoms with Gasteiger partial charge in [-0.2, -0.15) is 17.6 Å². The number of Topliss-reactive ketones (excluding diaryl/α,β-unsaturated/α-hetero) is 1. The highest BCUT2D eigenvalue weighted by atomic mass is 35.5. The molecule has 3 rings (SSSR count). The van der Waals surface area contributed by atoms with Crippen LogP contribution in [0.1, 0.15) is 42.6 Å². The second kappa shape index (κ2) is 9.10. The second-order valence-electron chi connectivity index (χ2n) is 8.19. The third kappa shape index (κ3) is 4.22. The molecular formula is C22H21ClF5N3O3. The number of amides is 1. The van der Waals surface area contributed by atoms with E-state index >= 15 is 0 Å². The summed E-state index contributed by atoms with van der Waals surface area (Å²) >= 11 is 5.95. The van der Waals surface area contributed by atoms with Crippen molar-refractivity contribution in [2.75, 3.05) is 12.4 Å². The predicted molar refractivity (Wildman–Crippen MR) is 114 cm³/mol. The number of methoxy groups -OCH3 is 1. The summed E-state index contributed by atoms with van der Waals surface area (Å²) in [6.45, 7) is 3.32. The Labute approximate surface area is 196 Å². The standard InChI is InChI=1S/C22H21ClF5N3O3/c1-9-14(11-5-6-12(24)16(25)18(11)34-4)17(31-21(9,3)22(26,27)28)20(33)30-13-7-8-29-19(23)15(13)10(2)32/h5-9,14,17,31H,1-4H3,(H,29,30,33). The molecule has 2 aromatic rings. The van der Waals surface area contributed by atoms with Gasteiger partial charge in [0.2, 0.25) is 11.7 Å². The Morgan fingerprint density at radius 1 is 1.24 bits per heavy atom. The van der Waals surface area contributed by atoms with Crippen LogP contribution < -0.4 is 15.4 Å². The highest BCUT2D eigenvalue weighted by molar-refractivity contribution is 6.33. The molecule has 2 N–H and O–H groups in total. The van der Waals surface area contributed by atoms with Crippen LogP contribution in [0, 0.1) is 17.6 Å². The maximum atomic E-state index is 14.4. The minimum atomic E-state index is -4.80. The average Bonchev–Trinajstić information content (AvgIpc) is 3.02. The number of hydrogen-bond donors (Lipinski definition) is 2. The first kappa shape index (κ1) is 25.8. The quantitative estimate of drug-likeness (QED) is 0.344. The minimum Gasteiger partial charge on any atom is -0.493 e. The number of carbonyl (C=O) groups is 2. The molecule has 34 heavy (non-hydrogen) atoms. The first-order valence-corrected chi connectivity index (χ1v) is 10.4. The van der Waals surface area contributed by atoms with E-state index in [4.69, 9.17) is 16.3 Å². The van der Waals surface area contributed by atoms with Gasteiger partial charge in [-0.1, -0.05) is 24.6 Å². The van der Waals surface area contributed by atoms with Crippen LogP contribution in [0.2, 0.25) is 5.15 Å². The Morgan fingerprint density at radius 3 is 2.44 bits per heavy atom. The molecule has 1 amide bonds. The molecule has 1 fully saturated rings. The number of halogens is 6. The molecule has 1 aromatic carbocycles. The number of rotatable bonds is 5. The van der Waals surface area contributed by atoms with E-state index in [1.165, 1.54) is 26.1 Å². The Morgan fingerprint density at radius 2 is 1.88 bits per heavy atom. The first-order chi connectivity index (χ1) is 15.7. The molecule has 0 bridgehead atoms. The number of ketones is 1. The molecule has 0 saturated carbocycles. The zero-order valence-electron chi connectivity index (χ0n) is 18.5. The Bertz CT molecular complexity index is 1140. The van der Waals surface area contributed by atoms with Gasteiger partial charge >= 0.3 is 6.18 Å². The third-order valence-corrected chi connectivity index (χ3v) is 6.58. The van der Waals surface area contributed by atoms with Gasteiger partial charge in [0.25, 0.3) is 0 Å². The Kier molecular flexibility index (Phi) is 6.92. The van der Waals surface area contributed by atoms with Crippen LogP contribution in [0.15, 0.2) is 24.4 Å². The topological polar surface area (TPSA) is 80.3 Å². The fraction of sp³-hybridized carbons (Fsp3) is 0.409. The maximum Gasteiger partial charge on any atom is 0.406 e. The molecule has 1 saturated heterocycles. The van der Waals surface area contributed by atoms with Gasteiger partial charge in [0.15, 0.2) is 17.3 Å². The van der Waals surface area contributed by atoms with E-state index in [1.54, 1.807) is 0 Å². The first-order valence-electron chi connectivity index (χ1n) is 10.1. The summed E-state index contributed by atoms with van der Waals surface area (Å²) in [5.41, 5.74) is -2.85. The van der Waals surface area contributed by atoms with Crippen molar-refractivity contribution in [1.29, 1.82) is 0 Å². The molecule has 2 heterocycles. The fourth-order valence-electron chi connectivity index (χ4n) is 4.31. The van der Waals surface area contributed by atoms with Crippen LogP contribution in [-0.2, 0) is 4.79 Å². The molecule has 0 radical (unpaired) electrons. The molecule has 12 heteroatoms. The number of nitrogens with zero attached hydrogens (tertiary/aromatic N) is 1. The van der Waals surface area contributed by atoms with Gasteiger partial charge in [0.05, 0.1) is 24.4 Å². The highest BCUT2D eigenvalue weighted by Gasteiger charge is 2.64. The lowest BCUT2D eigenvalue weighted by molar-refractivity contribution is -0.198. The van der Waals surface area contributed by atoms with Crippen molar-refractivity contribution in [1.82, 2.24) is 10.3 Å². The molecule has 0 aliphatic carbocycles. The van der Waals surface area contributed by atoms with E-state index < -0.39 is 58.7 Å². The van der Waals surface area contributed by atoms with Crippen molar-refractivity contribution >= 4 is 29.0 Å². The van der Waals surface area contributed by atoms with Gasteiger partial charge in [0, 0.05) is 17.7 Å². The number of ether oxygens (including phenoxy) is 1. The van der Waals surface area contributed by atoms with Crippen molar-refractivity contribution in [2.45, 2.75) is 44.4 Å². The summed E-state index contributed by atoms with van der Waals surface area (Å²) in [5, 5.41) is 4.56. The smallest absolute Gasteiger partial charge is 0.406 e. The van der Waals surface area contributed by atoms with E-state index in [9.17, 15) is 31.5 Å². The number of alkyl halides is 3. The molecular weight excluding hydrogens is 485 g/mol. The number of benzene rings is 1. The van der Waals surface area contributed by atoms with E-state index in [0.717, 1.165) is 26.2 Å². The van der Waals surface area contributed by atoms with Gasteiger partial charge in [-0.15, -0.1) is 0 Å². The van der Waals surface area contributed by atoms with E-state index in [0.29, 0.717) is 0 Å². The van der Waals surface area contributed by atoms with Gasteiger partial charge < -0.3 is 10.1 Å². The zero-order valence-corrected chi connectivity index (χ0v) is 19.2. The van der Waals surface area contributed by atoms with Crippen LogP contribution in [0.25, 0.3) is 0 Å². The average molecular weight is 506 g/mol. The number of hydrogen-bond acceptors (Lipinski definition) is 5. The molecule has 6 nitrogen and oxygen atoms in total. The van der Waals surface area contributed by atoms with Crippen LogP contribution in [-0.4, -0.2) is 41.5 Å². The van der Waals surface area contributed by atoms with E-state index in [1.807, 2.05) is 0 Å². The third-order valence-electron chi connectivity index (χ3n) is 6.29. The molecule has 1 aromatic heterocycles. The number of nitrogens with one attached hydrogen (secondary N) is 2. The van der Waals surface area contributed by atoms with Crippen LogP contribution >= 0.6 is 11.6 Å². The summed E-state index contributed by atoms with van der Waals surface area (Å²) in [6, 6.07) is 1.56. The lowest BCUT2D eigenvalue weighted by atomic mass is 9.76. The molecule has 1 aliphatic rings. The minimum absolute atomic E-state index is 0.0523. The van der Waals surface area contributed by atoms with Crippen molar-refractivity contribution in [3.8, 4) is 5.75 Å². The number of aromatic nitrogens is 1. The SMILES string of the molecule is COc1c(C2C(C(=O)Nc3ccnc(Cl)c3C(C)=O)NC(C)(C(F)(F)F)C2C)ccc(F)c1F. The fourth-order valence-corrected chi connectivity index (χ4v) is 4.60. The summed E-state index contributed by atoms with van der Waals surface area (Å²) < 4.78 is 75.4. The normalized spacial score (nSPS) is 24.7. The summed E-state index contributed by atoms with van der Waals surface area (Å²) in [4.78, 5) is 29.0. The van der Waals surface area contributed by atoms with E-state index in [2.05, 4.69) is 15.6 Å². The summed E-state index contributed by atoms with van der Waals surface area (Å²) in [5.74, 6) is -7.30. The van der Waals surface area contributed by atoms with Gasteiger partial charge in [-0.05, 0) is 31.9 Å².